The lowest BCUT2D eigenvalue weighted by atomic mass is 10.1. The first-order valence-electron chi connectivity index (χ1n) is 8.16. The highest BCUT2D eigenvalue weighted by atomic mass is 35.5. The SMILES string of the molecule is CC.CC(=O)Cc1ccc(Cl)cc1.CCN1CCN(C)CC1. The van der Waals surface area contributed by atoms with Crippen molar-refractivity contribution < 1.29 is 4.79 Å². The topological polar surface area (TPSA) is 23.6 Å². The summed E-state index contributed by atoms with van der Waals surface area (Å²) in [5, 5.41) is 0.706. The Morgan fingerprint density at radius 3 is 2.00 bits per heavy atom. The van der Waals surface area contributed by atoms with E-state index in [0.29, 0.717) is 11.4 Å². The van der Waals surface area contributed by atoms with E-state index in [1.165, 1.54) is 32.7 Å². The van der Waals surface area contributed by atoms with Gasteiger partial charge in [-0.05, 0) is 38.2 Å². The van der Waals surface area contributed by atoms with E-state index < -0.39 is 0 Å². The van der Waals surface area contributed by atoms with E-state index in [-0.39, 0.29) is 5.78 Å². The maximum atomic E-state index is 10.7. The number of likely N-dealkylation sites (N-methyl/N-ethyl adjacent to an activating group) is 2. The number of halogens is 1. The predicted molar refractivity (Wildman–Crippen MR) is 96.8 cm³/mol. The Morgan fingerprint density at radius 2 is 1.59 bits per heavy atom. The fourth-order valence-electron chi connectivity index (χ4n) is 2.05. The summed E-state index contributed by atoms with van der Waals surface area (Å²) in [5.41, 5.74) is 1.02. The third-order valence-corrected chi connectivity index (χ3v) is 3.66. The zero-order valence-electron chi connectivity index (χ0n) is 14.7. The molecule has 1 saturated heterocycles. The van der Waals surface area contributed by atoms with Crippen molar-refractivity contribution in [1.82, 2.24) is 9.80 Å². The van der Waals surface area contributed by atoms with Crippen LogP contribution in [0.25, 0.3) is 0 Å². The molecule has 0 spiro atoms. The molecule has 0 atom stereocenters. The van der Waals surface area contributed by atoms with Gasteiger partial charge in [0, 0.05) is 37.6 Å². The molecule has 0 amide bonds. The number of carbonyl (C=O) groups is 1. The molecule has 1 heterocycles. The smallest absolute Gasteiger partial charge is 0.134 e. The van der Waals surface area contributed by atoms with Crippen LogP contribution in [-0.4, -0.2) is 55.4 Å². The molecule has 1 aliphatic rings. The molecule has 0 radical (unpaired) electrons. The van der Waals surface area contributed by atoms with Gasteiger partial charge in [-0.2, -0.15) is 0 Å². The molecule has 1 aromatic carbocycles. The lowest BCUT2D eigenvalue weighted by Crippen LogP contribution is -2.44. The molecular formula is C18H31ClN2O. The van der Waals surface area contributed by atoms with E-state index in [4.69, 9.17) is 11.6 Å². The lowest BCUT2D eigenvalue weighted by Gasteiger charge is -2.31. The Hall–Kier alpha value is -0.900. The number of Topliss-reactive ketones (excluding diaryl/α,β-unsaturated/α-hetero) is 1. The third-order valence-electron chi connectivity index (χ3n) is 3.41. The van der Waals surface area contributed by atoms with Crippen LogP contribution in [0.5, 0.6) is 0 Å². The standard InChI is InChI=1S/C9H9ClO.C7H16N2.C2H6/c1-7(11)6-8-2-4-9(10)5-3-8;1-3-9-6-4-8(2)5-7-9;1-2/h2-5H,6H2,1H3;3-7H2,1-2H3;1-2H3. The summed E-state index contributed by atoms with van der Waals surface area (Å²) in [6.07, 6.45) is 0.497. The van der Waals surface area contributed by atoms with Gasteiger partial charge in [0.2, 0.25) is 0 Å². The average molecular weight is 327 g/mol. The normalized spacial score (nSPS) is 15.2. The van der Waals surface area contributed by atoms with Crippen LogP contribution in [0, 0.1) is 0 Å². The van der Waals surface area contributed by atoms with Gasteiger partial charge in [-0.1, -0.05) is 44.5 Å². The Balaban J connectivity index is 0.000000366. The molecule has 4 heteroatoms. The maximum Gasteiger partial charge on any atom is 0.134 e. The van der Waals surface area contributed by atoms with E-state index in [9.17, 15) is 4.79 Å². The number of rotatable bonds is 3. The van der Waals surface area contributed by atoms with Crippen molar-refractivity contribution in [2.45, 2.75) is 34.1 Å². The van der Waals surface area contributed by atoms with Gasteiger partial charge >= 0.3 is 0 Å². The molecule has 1 aliphatic heterocycles. The van der Waals surface area contributed by atoms with E-state index in [1.807, 2.05) is 26.0 Å². The first-order valence-corrected chi connectivity index (χ1v) is 8.54. The zero-order valence-corrected chi connectivity index (χ0v) is 15.5. The van der Waals surface area contributed by atoms with E-state index in [2.05, 4.69) is 23.8 Å². The molecule has 0 saturated carbocycles. The summed E-state index contributed by atoms with van der Waals surface area (Å²) in [7, 11) is 2.19. The van der Waals surface area contributed by atoms with Crippen LogP contribution < -0.4 is 0 Å². The van der Waals surface area contributed by atoms with Crippen molar-refractivity contribution in [1.29, 1.82) is 0 Å². The number of hydrogen-bond donors (Lipinski definition) is 0. The number of benzene rings is 1. The van der Waals surface area contributed by atoms with Crippen molar-refractivity contribution in [3.05, 3.63) is 34.9 Å². The van der Waals surface area contributed by atoms with Gasteiger partial charge in [-0.15, -0.1) is 0 Å². The quantitative estimate of drug-likeness (QED) is 0.845. The number of hydrogen-bond acceptors (Lipinski definition) is 3. The molecule has 2 rings (SSSR count). The second-order valence-corrected chi connectivity index (χ2v) is 5.68. The summed E-state index contributed by atoms with van der Waals surface area (Å²) in [6, 6.07) is 7.31. The molecule has 0 aromatic heterocycles. The predicted octanol–water partition coefficient (Wildman–Crippen LogP) is 3.75. The van der Waals surface area contributed by atoms with Gasteiger partial charge < -0.3 is 9.80 Å². The highest BCUT2D eigenvalue weighted by molar-refractivity contribution is 6.30. The lowest BCUT2D eigenvalue weighted by molar-refractivity contribution is -0.116. The Labute approximate surface area is 141 Å². The Morgan fingerprint density at radius 1 is 1.09 bits per heavy atom. The van der Waals surface area contributed by atoms with Crippen LogP contribution in [-0.2, 0) is 11.2 Å². The summed E-state index contributed by atoms with van der Waals surface area (Å²) in [5.74, 6) is 0.173. The molecule has 0 unspecified atom stereocenters. The second kappa shape index (κ2) is 12.6. The van der Waals surface area contributed by atoms with Gasteiger partial charge in [-0.3, -0.25) is 4.79 Å². The van der Waals surface area contributed by atoms with E-state index in [0.717, 1.165) is 5.56 Å². The zero-order chi connectivity index (χ0) is 17.0. The maximum absolute atomic E-state index is 10.7. The number of ketones is 1. The van der Waals surface area contributed by atoms with Crippen LogP contribution in [0.2, 0.25) is 5.02 Å². The van der Waals surface area contributed by atoms with Crippen LogP contribution in [0.3, 0.4) is 0 Å². The van der Waals surface area contributed by atoms with Gasteiger partial charge in [0.25, 0.3) is 0 Å². The first-order chi connectivity index (χ1) is 10.5. The van der Waals surface area contributed by atoms with Gasteiger partial charge in [0.15, 0.2) is 0 Å². The van der Waals surface area contributed by atoms with Crippen molar-refractivity contribution in [2.75, 3.05) is 39.8 Å². The number of nitrogens with zero attached hydrogens (tertiary/aromatic N) is 2. The number of piperazine rings is 1. The molecule has 1 fully saturated rings. The van der Waals surface area contributed by atoms with Crippen molar-refractivity contribution in [3.63, 3.8) is 0 Å². The molecule has 126 valence electrons. The van der Waals surface area contributed by atoms with Gasteiger partial charge in [0.05, 0.1) is 0 Å². The highest BCUT2D eigenvalue weighted by Gasteiger charge is 2.10. The average Bonchev–Trinajstić information content (AvgIpc) is 2.53. The first kappa shape index (κ1) is 21.1. The summed E-state index contributed by atoms with van der Waals surface area (Å²) >= 11 is 5.66. The van der Waals surface area contributed by atoms with Crippen LogP contribution >= 0.6 is 11.6 Å². The molecule has 0 bridgehead atoms. The second-order valence-electron chi connectivity index (χ2n) is 5.24. The van der Waals surface area contributed by atoms with Crippen molar-refractivity contribution in [3.8, 4) is 0 Å². The fraction of sp³-hybridized carbons (Fsp3) is 0.611. The van der Waals surface area contributed by atoms with E-state index in [1.54, 1.807) is 19.1 Å². The van der Waals surface area contributed by atoms with Crippen LogP contribution in [0.4, 0.5) is 0 Å². The minimum atomic E-state index is 0.173. The fourth-order valence-corrected chi connectivity index (χ4v) is 2.18. The van der Waals surface area contributed by atoms with Gasteiger partial charge in [-0.25, -0.2) is 0 Å². The molecular weight excluding hydrogens is 296 g/mol. The molecule has 22 heavy (non-hydrogen) atoms. The van der Waals surface area contributed by atoms with Crippen LogP contribution in [0.1, 0.15) is 33.3 Å². The van der Waals surface area contributed by atoms with Crippen LogP contribution in [0.15, 0.2) is 24.3 Å². The molecule has 0 aliphatic carbocycles. The third kappa shape index (κ3) is 9.93. The van der Waals surface area contributed by atoms with Crippen molar-refractivity contribution >= 4 is 17.4 Å². The largest absolute Gasteiger partial charge is 0.304 e. The van der Waals surface area contributed by atoms with E-state index >= 15 is 0 Å². The summed E-state index contributed by atoms with van der Waals surface area (Å²) < 4.78 is 0. The van der Waals surface area contributed by atoms with Crippen molar-refractivity contribution in [2.24, 2.45) is 0 Å². The Kier molecular flexibility index (Phi) is 12.1. The van der Waals surface area contributed by atoms with Gasteiger partial charge in [0.1, 0.15) is 5.78 Å². The molecule has 0 N–H and O–H groups in total. The minimum Gasteiger partial charge on any atom is -0.304 e. The summed E-state index contributed by atoms with van der Waals surface area (Å²) in [4.78, 5) is 15.5. The Bertz CT molecular complexity index is 398. The molecule has 1 aromatic rings. The number of carbonyl (C=O) groups excluding carboxylic acids is 1. The highest BCUT2D eigenvalue weighted by Crippen LogP contribution is 2.09. The molecule has 3 nitrogen and oxygen atoms in total. The summed E-state index contributed by atoms with van der Waals surface area (Å²) in [6.45, 7) is 14.0. The monoisotopic (exact) mass is 326 g/mol. The minimum absolute atomic E-state index is 0.173.